The van der Waals surface area contributed by atoms with Crippen LogP contribution < -0.4 is 5.32 Å². The van der Waals surface area contributed by atoms with E-state index in [0.717, 1.165) is 0 Å². The maximum atomic E-state index is 11.9. The van der Waals surface area contributed by atoms with Gasteiger partial charge in [-0.15, -0.1) is 11.6 Å². The van der Waals surface area contributed by atoms with Crippen molar-refractivity contribution in [3.63, 3.8) is 0 Å². The van der Waals surface area contributed by atoms with Gasteiger partial charge in [-0.25, -0.2) is 0 Å². The topological polar surface area (TPSA) is 72.2 Å². The fraction of sp³-hybridized carbons (Fsp3) is 0.364. The van der Waals surface area contributed by atoms with Crippen LogP contribution in [0.4, 0.5) is 11.4 Å². The Kier molecular flexibility index (Phi) is 4.53. The number of hydrogen-bond donors (Lipinski definition) is 1. The zero-order valence-corrected chi connectivity index (χ0v) is 11.4. The van der Waals surface area contributed by atoms with E-state index in [0.29, 0.717) is 5.02 Å². The number of rotatable bonds is 4. The van der Waals surface area contributed by atoms with Crippen LogP contribution in [0.2, 0.25) is 5.02 Å². The van der Waals surface area contributed by atoms with Crippen molar-refractivity contribution >= 4 is 40.5 Å². The summed E-state index contributed by atoms with van der Waals surface area (Å²) in [5, 5.41) is 13.6. The third kappa shape index (κ3) is 3.34. The summed E-state index contributed by atoms with van der Waals surface area (Å²) >= 11 is 11.4. The van der Waals surface area contributed by atoms with Gasteiger partial charge in [0, 0.05) is 17.0 Å². The molecule has 18 heavy (non-hydrogen) atoms. The number of anilines is 1. The van der Waals surface area contributed by atoms with Crippen molar-refractivity contribution < 1.29 is 9.72 Å². The standard InChI is InChI=1S/C11H12Cl2N2O3/c1-11(2,6-12)10(16)14-8-5-7(13)3-4-9(8)15(17)18/h3-5H,6H2,1-2H3,(H,14,16). The van der Waals surface area contributed by atoms with E-state index in [2.05, 4.69) is 5.32 Å². The smallest absolute Gasteiger partial charge is 0.292 e. The lowest BCUT2D eigenvalue weighted by molar-refractivity contribution is -0.383. The highest BCUT2D eigenvalue weighted by Gasteiger charge is 2.28. The summed E-state index contributed by atoms with van der Waals surface area (Å²) in [5.41, 5.74) is -0.966. The Labute approximate surface area is 114 Å². The summed E-state index contributed by atoms with van der Waals surface area (Å²) in [4.78, 5) is 22.1. The molecule has 98 valence electrons. The van der Waals surface area contributed by atoms with Crippen LogP contribution in [0, 0.1) is 15.5 Å². The molecule has 0 aliphatic rings. The number of carbonyl (C=O) groups is 1. The van der Waals surface area contributed by atoms with Gasteiger partial charge in [-0.2, -0.15) is 0 Å². The average Bonchev–Trinajstić information content (AvgIpc) is 2.28. The molecule has 1 aromatic carbocycles. The SMILES string of the molecule is CC(C)(CCl)C(=O)Nc1cc(Cl)ccc1[N+](=O)[O-]. The van der Waals surface area contributed by atoms with Crippen molar-refractivity contribution in [1.82, 2.24) is 0 Å². The first-order chi connectivity index (χ1) is 8.27. The van der Waals surface area contributed by atoms with Crippen molar-refractivity contribution in [2.45, 2.75) is 13.8 Å². The van der Waals surface area contributed by atoms with Crippen molar-refractivity contribution in [2.24, 2.45) is 5.41 Å². The first-order valence-electron chi connectivity index (χ1n) is 5.09. The minimum absolute atomic E-state index is 0.0655. The number of alkyl halides is 1. The van der Waals surface area contributed by atoms with Gasteiger partial charge in [0.05, 0.1) is 10.3 Å². The van der Waals surface area contributed by atoms with Crippen molar-refractivity contribution in [2.75, 3.05) is 11.2 Å². The predicted molar refractivity (Wildman–Crippen MR) is 71.2 cm³/mol. The van der Waals surface area contributed by atoms with Crippen LogP contribution in [0.25, 0.3) is 0 Å². The Morgan fingerprint density at radius 2 is 2.11 bits per heavy atom. The van der Waals surface area contributed by atoms with E-state index < -0.39 is 16.2 Å². The van der Waals surface area contributed by atoms with Crippen LogP contribution in [0.5, 0.6) is 0 Å². The highest BCUT2D eigenvalue weighted by Crippen LogP contribution is 2.29. The second kappa shape index (κ2) is 5.54. The number of nitrogens with zero attached hydrogens (tertiary/aromatic N) is 1. The van der Waals surface area contributed by atoms with Crippen LogP contribution in [0.15, 0.2) is 18.2 Å². The summed E-state index contributed by atoms with van der Waals surface area (Å²) in [6.45, 7) is 3.29. The largest absolute Gasteiger partial charge is 0.320 e. The van der Waals surface area contributed by atoms with E-state index in [9.17, 15) is 14.9 Å². The normalized spacial score (nSPS) is 11.1. The predicted octanol–water partition coefficient (Wildman–Crippen LogP) is 3.45. The first-order valence-corrected chi connectivity index (χ1v) is 6.00. The molecule has 0 saturated heterocycles. The van der Waals surface area contributed by atoms with Crippen molar-refractivity contribution in [3.8, 4) is 0 Å². The van der Waals surface area contributed by atoms with Gasteiger partial charge in [0.2, 0.25) is 5.91 Å². The molecular weight excluding hydrogens is 279 g/mol. The molecule has 5 nitrogen and oxygen atoms in total. The molecule has 0 aromatic heterocycles. The lowest BCUT2D eigenvalue weighted by Crippen LogP contribution is -2.32. The third-order valence-electron chi connectivity index (χ3n) is 2.35. The van der Waals surface area contributed by atoms with Gasteiger partial charge in [0.15, 0.2) is 0 Å². The highest BCUT2D eigenvalue weighted by atomic mass is 35.5. The maximum absolute atomic E-state index is 11.9. The van der Waals surface area contributed by atoms with Gasteiger partial charge in [-0.05, 0) is 26.0 Å². The van der Waals surface area contributed by atoms with Gasteiger partial charge in [0.1, 0.15) is 5.69 Å². The zero-order chi connectivity index (χ0) is 13.9. The number of halogens is 2. The van der Waals surface area contributed by atoms with Crippen LogP contribution in [-0.2, 0) is 4.79 Å². The molecule has 0 fully saturated rings. The van der Waals surface area contributed by atoms with E-state index in [-0.39, 0.29) is 17.3 Å². The molecule has 1 rings (SSSR count). The number of hydrogen-bond acceptors (Lipinski definition) is 3. The van der Waals surface area contributed by atoms with Gasteiger partial charge >= 0.3 is 0 Å². The van der Waals surface area contributed by atoms with E-state index in [1.165, 1.54) is 18.2 Å². The van der Waals surface area contributed by atoms with Gasteiger partial charge in [0.25, 0.3) is 5.69 Å². The van der Waals surface area contributed by atoms with Crippen LogP contribution in [0.1, 0.15) is 13.8 Å². The first kappa shape index (κ1) is 14.7. The minimum Gasteiger partial charge on any atom is -0.320 e. The molecule has 0 aliphatic carbocycles. The summed E-state index contributed by atoms with van der Waals surface area (Å²) in [6.07, 6.45) is 0. The molecule has 0 heterocycles. The lowest BCUT2D eigenvalue weighted by atomic mass is 9.95. The van der Waals surface area contributed by atoms with E-state index in [1.54, 1.807) is 13.8 Å². The fourth-order valence-electron chi connectivity index (χ4n) is 1.12. The Hall–Kier alpha value is -1.33. The van der Waals surface area contributed by atoms with Gasteiger partial charge < -0.3 is 5.32 Å². The Morgan fingerprint density at radius 3 is 2.61 bits per heavy atom. The zero-order valence-electron chi connectivity index (χ0n) is 9.87. The molecule has 0 saturated carbocycles. The summed E-state index contributed by atoms with van der Waals surface area (Å²) in [6, 6.07) is 3.97. The van der Waals surface area contributed by atoms with Crippen LogP contribution in [-0.4, -0.2) is 16.7 Å². The molecule has 0 radical (unpaired) electrons. The molecule has 0 bridgehead atoms. The molecular formula is C11H12Cl2N2O3. The summed E-state index contributed by atoms with van der Waals surface area (Å²) in [7, 11) is 0. The average molecular weight is 291 g/mol. The summed E-state index contributed by atoms with van der Waals surface area (Å²) < 4.78 is 0. The molecule has 0 aliphatic heterocycles. The second-order valence-electron chi connectivity index (χ2n) is 4.39. The van der Waals surface area contributed by atoms with Gasteiger partial charge in [-0.1, -0.05) is 11.6 Å². The van der Waals surface area contributed by atoms with Crippen molar-refractivity contribution in [1.29, 1.82) is 0 Å². The van der Waals surface area contributed by atoms with E-state index in [1.807, 2.05) is 0 Å². The Balaban J connectivity index is 3.07. The number of nitro groups is 1. The fourth-order valence-corrected chi connectivity index (χ4v) is 1.41. The van der Waals surface area contributed by atoms with Crippen molar-refractivity contribution in [3.05, 3.63) is 33.3 Å². The molecule has 0 unspecified atom stereocenters. The quantitative estimate of drug-likeness (QED) is 0.524. The number of amides is 1. The lowest BCUT2D eigenvalue weighted by Gasteiger charge is -2.20. The second-order valence-corrected chi connectivity index (χ2v) is 5.09. The minimum atomic E-state index is -0.822. The van der Waals surface area contributed by atoms with Crippen LogP contribution in [0.3, 0.4) is 0 Å². The Morgan fingerprint density at radius 1 is 1.50 bits per heavy atom. The molecule has 7 heteroatoms. The number of nitrogens with one attached hydrogen (secondary N) is 1. The molecule has 1 N–H and O–H groups in total. The van der Waals surface area contributed by atoms with E-state index in [4.69, 9.17) is 23.2 Å². The van der Waals surface area contributed by atoms with Crippen LogP contribution >= 0.6 is 23.2 Å². The third-order valence-corrected chi connectivity index (χ3v) is 3.26. The molecule has 1 aromatic rings. The monoisotopic (exact) mass is 290 g/mol. The van der Waals surface area contributed by atoms with Gasteiger partial charge in [-0.3, -0.25) is 14.9 Å². The maximum Gasteiger partial charge on any atom is 0.292 e. The number of benzene rings is 1. The molecule has 1 amide bonds. The number of carbonyl (C=O) groups excluding carboxylic acids is 1. The number of nitro benzene ring substituents is 1. The highest BCUT2D eigenvalue weighted by molar-refractivity contribution is 6.31. The molecule has 0 spiro atoms. The summed E-state index contributed by atoms with van der Waals surface area (Å²) in [5.74, 6) is -0.296. The Bertz CT molecular complexity index is 489. The van der Waals surface area contributed by atoms with E-state index >= 15 is 0 Å². The molecule has 0 atom stereocenters.